The summed E-state index contributed by atoms with van der Waals surface area (Å²) in [6.07, 6.45) is 7.25. The number of imidazole rings is 1. The van der Waals surface area contributed by atoms with Crippen molar-refractivity contribution >= 4 is 11.0 Å². The van der Waals surface area contributed by atoms with Crippen LogP contribution in [0.2, 0.25) is 0 Å². The van der Waals surface area contributed by atoms with Gasteiger partial charge in [0.15, 0.2) is 0 Å². The molecular formula is C19H25N3. The number of aromatic nitrogens is 2. The SMILES string of the molecule is C[C@H]1[C@H]2Cc3cc4[nH]cnc4cc3[C@]1(C)CCN2CC1CC1. The van der Waals surface area contributed by atoms with Crippen molar-refractivity contribution in [2.45, 2.75) is 51.0 Å². The summed E-state index contributed by atoms with van der Waals surface area (Å²) in [5.74, 6) is 1.73. The smallest absolute Gasteiger partial charge is 0.0931 e. The average molecular weight is 295 g/mol. The largest absolute Gasteiger partial charge is 0.345 e. The third kappa shape index (κ3) is 1.75. The van der Waals surface area contributed by atoms with Gasteiger partial charge < -0.3 is 4.98 Å². The number of hydrogen-bond donors (Lipinski definition) is 1. The summed E-state index contributed by atoms with van der Waals surface area (Å²) in [7, 11) is 0. The number of rotatable bonds is 2. The van der Waals surface area contributed by atoms with Gasteiger partial charge in [0.1, 0.15) is 0 Å². The number of benzene rings is 1. The third-order valence-corrected chi connectivity index (χ3v) is 6.85. The second-order valence-corrected chi connectivity index (χ2v) is 8.09. The van der Waals surface area contributed by atoms with Crippen LogP contribution in [0.1, 0.15) is 44.2 Å². The molecule has 2 heterocycles. The Balaban J connectivity index is 1.60. The first kappa shape index (κ1) is 13.1. The van der Waals surface area contributed by atoms with E-state index in [2.05, 4.69) is 40.8 Å². The maximum atomic E-state index is 4.49. The van der Waals surface area contributed by atoms with E-state index in [1.807, 2.05) is 6.33 Å². The fourth-order valence-corrected chi connectivity index (χ4v) is 5.01. The molecule has 1 saturated carbocycles. The van der Waals surface area contributed by atoms with Crippen molar-refractivity contribution in [1.29, 1.82) is 0 Å². The predicted octanol–water partition coefficient (Wildman–Crippen LogP) is 3.50. The zero-order chi connectivity index (χ0) is 14.9. The summed E-state index contributed by atoms with van der Waals surface area (Å²) in [6, 6.07) is 5.46. The molecule has 3 atom stereocenters. The molecule has 0 radical (unpaired) electrons. The highest BCUT2D eigenvalue weighted by Gasteiger charge is 2.49. The van der Waals surface area contributed by atoms with Crippen LogP contribution < -0.4 is 0 Å². The standard InChI is InChI=1S/C19H25N3/c1-12-18-8-14-7-16-17(21-11-20-16)9-15(14)19(12,2)5-6-22(18)10-13-3-4-13/h7,9,11-13,18H,3-6,8,10H2,1-2H3,(H,20,21)/t12-,18+,19+/m0/s1. The van der Waals surface area contributed by atoms with Crippen molar-refractivity contribution in [2.75, 3.05) is 13.1 Å². The van der Waals surface area contributed by atoms with Crippen molar-refractivity contribution < 1.29 is 0 Å². The normalized spacial score (nSPS) is 34.8. The summed E-state index contributed by atoms with van der Waals surface area (Å²) in [6.45, 7) is 7.60. The van der Waals surface area contributed by atoms with Crippen LogP contribution in [0.4, 0.5) is 0 Å². The van der Waals surface area contributed by atoms with Gasteiger partial charge >= 0.3 is 0 Å². The molecule has 22 heavy (non-hydrogen) atoms. The Kier molecular flexibility index (Phi) is 2.59. The van der Waals surface area contributed by atoms with Crippen molar-refractivity contribution in [2.24, 2.45) is 11.8 Å². The molecule has 3 nitrogen and oxygen atoms in total. The van der Waals surface area contributed by atoms with Gasteiger partial charge in [-0.05, 0) is 72.7 Å². The lowest BCUT2D eigenvalue weighted by molar-refractivity contribution is 0.0285. The van der Waals surface area contributed by atoms with Gasteiger partial charge in [0.25, 0.3) is 0 Å². The van der Waals surface area contributed by atoms with Gasteiger partial charge in [-0.15, -0.1) is 0 Å². The highest BCUT2D eigenvalue weighted by atomic mass is 15.2. The molecule has 0 unspecified atom stereocenters. The van der Waals surface area contributed by atoms with Crippen LogP contribution in [-0.2, 0) is 11.8 Å². The second-order valence-electron chi connectivity index (χ2n) is 8.09. The zero-order valence-electron chi connectivity index (χ0n) is 13.6. The topological polar surface area (TPSA) is 31.9 Å². The molecule has 2 bridgehead atoms. The molecule has 2 aliphatic carbocycles. The minimum Gasteiger partial charge on any atom is -0.345 e. The fraction of sp³-hybridized carbons (Fsp3) is 0.632. The van der Waals surface area contributed by atoms with Gasteiger partial charge in [-0.2, -0.15) is 0 Å². The first-order chi connectivity index (χ1) is 10.6. The van der Waals surface area contributed by atoms with Crippen LogP contribution in [0.25, 0.3) is 11.0 Å². The highest BCUT2D eigenvalue weighted by Crippen LogP contribution is 2.49. The summed E-state index contributed by atoms with van der Waals surface area (Å²) >= 11 is 0. The number of nitrogens with zero attached hydrogens (tertiary/aromatic N) is 2. The van der Waals surface area contributed by atoms with E-state index in [9.17, 15) is 0 Å². The monoisotopic (exact) mass is 295 g/mol. The number of hydrogen-bond acceptors (Lipinski definition) is 2. The van der Waals surface area contributed by atoms with Crippen LogP contribution in [-0.4, -0.2) is 34.0 Å². The van der Waals surface area contributed by atoms with Crippen LogP contribution in [0, 0.1) is 11.8 Å². The fourth-order valence-electron chi connectivity index (χ4n) is 5.01. The zero-order valence-corrected chi connectivity index (χ0v) is 13.6. The van der Waals surface area contributed by atoms with E-state index < -0.39 is 0 Å². The maximum Gasteiger partial charge on any atom is 0.0931 e. The number of likely N-dealkylation sites (tertiary alicyclic amines) is 1. The van der Waals surface area contributed by atoms with E-state index in [1.165, 1.54) is 44.3 Å². The molecule has 1 N–H and O–H groups in total. The summed E-state index contributed by atoms with van der Waals surface area (Å²) < 4.78 is 0. The van der Waals surface area contributed by atoms with Gasteiger partial charge in [0.05, 0.1) is 17.4 Å². The van der Waals surface area contributed by atoms with E-state index in [4.69, 9.17) is 0 Å². The molecule has 5 rings (SSSR count). The molecule has 116 valence electrons. The van der Waals surface area contributed by atoms with Gasteiger partial charge in [0.2, 0.25) is 0 Å². The number of nitrogens with one attached hydrogen (secondary N) is 1. The van der Waals surface area contributed by atoms with E-state index in [0.717, 1.165) is 23.4 Å². The van der Waals surface area contributed by atoms with Gasteiger partial charge in [-0.3, -0.25) is 4.90 Å². The molecule has 1 aromatic carbocycles. The Morgan fingerprint density at radius 2 is 2.23 bits per heavy atom. The highest BCUT2D eigenvalue weighted by molar-refractivity contribution is 5.77. The van der Waals surface area contributed by atoms with Crippen molar-refractivity contribution in [3.63, 3.8) is 0 Å². The van der Waals surface area contributed by atoms with Crippen molar-refractivity contribution in [3.8, 4) is 0 Å². The minimum absolute atomic E-state index is 0.325. The third-order valence-electron chi connectivity index (χ3n) is 6.85. The predicted molar refractivity (Wildman–Crippen MR) is 89.0 cm³/mol. The number of fused-ring (bicyclic) bond motifs is 5. The van der Waals surface area contributed by atoms with Gasteiger partial charge in [-0.1, -0.05) is 13.8 Å². The second kappa shape index (κ2) is 4.35. The van der Waals surface area contributed by atoms with Crippen LogP contribution in [0.15, 0.2) is 18.5 Å². The number of H-pyrrole nitrogens is 1. The lowest BCUT2D eigenvalue weighted by Crippen LogP contribution is -2.58. The molecular weight excluding hydrogens is 270 g/mol. The molecule has 2 fully saturated rings. The molecule has 0 amide bonds. The Labute approximate surface area is 132 Å². The van der Waals surface area contributed by atoms with Crippen LogP contribution in [0.5, 0.6) is 0 Å². The summed E-state index contributed by atoms with van der Waals surface area (Å²) in [5, 5.41) is 0. The minimum atomic E-state index is 0.325. The Morgan fingerprint density at radius 1 is 1.36 bits per heavy atom. The van der Waals surface area contributed by atoms with E-state index >= 15 is 0 Å². The van der Waals surface area contributed by atoms with Crippen molar-refractivity contribution in [3.05, 3.63) is 29.6 Å². The summed E-state index contributed by atoms with van der Waals surface area (Å²) in [5.41, 5.74) is 5.78. The number of piperidine rings is 1. The van der Waals surface area contributed by atoms with E-state index in [-0.39, 0.29) is 0 Å². The Hall–Kier alpha value is -1.35. The quantitative estimate of drug-likeness (QED) is 0.919. The maximum absolute atomic E-state index is 4.49. The summed E-state index contributed by atoms with van der Waals surface area (Å²) in [4.78, 5) is 10.6. The van der Waals surface area contributed by atoms with Gasteiger partial charge in [-0.25, -0.2) is 4.98 Å². The Morgan fingerprint density at radius 3 is 3.05 bits per heavy atom. The first-order valence-electron chi connectivity index (χ1n) is 8.86. The Bertz CT molecular complexity index is 729. The van der Waals surface area contributed by atoms with Crippen LogP contribution >= 0.6 is 0 Å². The van der Waals surface area contributed by atoms with Crippen LogP contribution in [0.3, 0.4) is 0 Å². The molecule has 3 aliphatic rings. The van der Waals surface area contributed by atoms with E-state index in [1.54, 1.807) is 11.1 Å². The molecule has 3 heteroatoms. The molecule has 1 aromatic heterocycles. The molecule has 1 aliphatic heterocycles. The average Bonchev–Trinajstić information content (AvgIpc) is 3.20. The lowest BCUT2D eigenvalue weighted by Gasteiger charge is -2.54. The van der Waals surface area contributed by atoms with E-state index in [0.29, 0.717) is 5.41 Å². The van der Waals surface area contributed by atoms with Crippen molar-refractivity contribution in [1.82, 2.24) is 14.9 Å². The molecule has 2 aromatic rings. The first-order valence-corrected chi connectivity index (χ1v) is 8.86. The molecule has 1 saturated heterocycles. The lowest BCUT2D eigenvalue weighted by atomic mass is 9.59. The number of aromatic amines is 1. The van der Waals surface area contributed by atoms with Gasteiger partial charge in [0, 0.05) is 12.6 Å². The molecule has 0 spiro atoms.